The molecule has 1 aliphatic carbocycles. The lowest BCUT2D eigenvalue weighted by Crippen LogP contribution is -2.41. The summed E-state index contributed by atoms with van der Waals surface area (Å²) >= 11 is 0. The first-order chi connectivity index (χ1) is 6.25. The fourth-order valence-corrected chi connectivity index (χ4v) is 2.14. The normalized spacial score (nSPS) is 30.3. The zero-order valence-electron chi connectivity index (χ0n) is 8.13. The molecule has 2 fully saturated rings. The van der Waals surface area contributed by atoms with Crippen LogP contribution in [-0.2, 0) is 0 Å². The van der Waals surface area contributed by atoms with Gasteiger partial charge in [0.15, 0.2) is 0 Å². The van der Waals surface area contributed by atoms with Crippen LogP contribution in [0.3, 0.4) is 0 Å². The Balaban J connectivity index is 1.80. The third-order valence-corrected chi connectivity index (χ3v) is 3.16. The topological polar surface area (TPSA) is 53.1 Å². The highest BCUT2D eigenvalue weighted by molar-refractivity contribution is 5.79. The van der Waals surface area contributed by atoms with E-state index in [0.29, 0.717) is 11.8 Å². The molecule has 1 saturated heterocycles. The summed E-state index contributed by atoms with van der Waals surface area (Å²) in [4.78, 5) is 2.49. The molecule has 1 aliphatic heterocycles. The second kappa shape index (κ2) is 3.66. The van der Waals surface area contributed by atoms with Crippen molar-refractivity contribution < 1.29 is 0 Å². The van der Waals surface area contributed by atoms with Gasteiger partial charge in [0, 0.05) is 19.0 Å². The third-order valence-electron chi connectivity index (χ3n) is 3.16. The van der Waals surface area contributed by atoms with E-state index < -0.39 is 0 Å². The molecule has 0 amide bonds. The lowest BCUT2D eigenvalue weighted by atomic mass is 9.97. The van der Waals surface area contributed by atoms with Crippen LogP contribution in [0.1, 0.15) is 25.7 Å². The molecule has 3 N–H and O–H groups in total. The molecule has 0 bridgehead atoms. The number of nitrogens with zero attached hydrogens (tertiary/aromatic N) is 1. The molecule has 74 valence electrons. The van der Waals surface area contributed by atoms with Crippen molar-refractivity contribution in [3.05, 3.63) is 0 Å². The minimum Gasteiger partial charge on any atom is -0.387 e. The van der Waals surface area contributed by atoms with Crippen LogP contribution in [0.15, 0.2) is 0 Å². The summed E-state index contributed by atoms with van der Waals surface area (Å²) in [5.41, 5.74) is 5.53. The quantitative estimate of drug-likeness (QED) is 0.505. The van der Waals surface area contributed by atoms with Gasteiger partial charge in [-0.1, -0.05) is 0 Å². The van der Waals surface area contributed by atoms with Crippen molar-refractivity contribution in [2.24, 2.45) is 17.6 Å². The lowest BCUT2D eigenvalue weighted by Gasteiger charge is -2.32. The van der Waals surface area contributed by atoms with Gasteiger partial charge in [0.1, 0.15) is 0 Å². The first-order valence-corrected chi connectivity index (χ1v) is 5.32. The van der Waals surface area contributed by atoms with Crippen LogP contribution in [0.25, 0.3) is 0 Å². The number of nitrogens with one attached hydrogen (secondary N) is 1. The van der Waals surface area contributed by atoms with E-state index >= 15 is 0 Å². The molecule has 13 heavy (non-hydrogen) atoms. The van der Waals surface area contributed by atoms with Crippen molar-refractivity contribution in [1.29, 1.82) is 5.41 Å². The first-order valence-electron chi connectivity index (χ1n) is 5.32. The van der Waals surface area contributed by atoms with E-state index in [1.807, 2.05) is 0 Å². The second-order valence-electron chi connectivity index (χ2n) is 4.50. The van der Waals surface area contributed by atoms with E-state index in [2.05, 4.69) is 4.90 Å². The predicted octanol–water partition coefficient (Wildman–Crippen LogP) is 1.04. The molecule has 3 heteroatoms. The van der Waals surface area contributed by atoms with E-state index in [1.165, 1.54) is 32.4 Å². The Morgan fingerprint density at radius 3 is 2.77 bits per heavy atom. The maximum atomic E-state index is 7.43. The van der Waals surface area contributed by atoms with E-state index in [9.17, 15) is 0 Å². The molecule has 2 rings (SSSR count). The number of piperidine rings is 1. The summed E-state index contributed by atoms with van der Waals surface area (Å²) in [5, 5.41) is 7.43. The smallest absolute Gasteiger partial charge is 0.0949 e. The van der Waals surface area contributed by atoms with Gasteiger partial charge < -0.3 is 10.6 Å². The molecule has 1 unspecified atom stereocenters. The van der Waals surface area contributed by atoms with Gasteiger partial charge in [0.25, 0.3) is 0 Å². The molecule has 1 heterocycles. The summed E-state index contributed by atoms with van der Waals surface area (Å²) < 4.78 is 0. The standard InChI is InChI=1S/C10H19N3/c11-10(12)9-2-1-5-13(7-9)6-8-3-4-8/h8-9H,1-7H2,(H3,11,12). The average molecular weight is 181 g/mol. The van der Waals surface area contributed by atoms with Gasteiger partial charge in [-0.15, -0.1) is 0 Å². The van der Waals surface area contributed by atoms with Crippen LogP contribution in [0.2, 0.25) is 0 Å². The zero-order chi connectivity index (χ0) is 9.26. The van der Waals surface area contributed by atoms with E-state index in [-0.39, 0.29) is 0 Å². The van der Waals surface area contributed by atoms with Crippen molar-refractivity contribution >= 4 is 5.84 Å². The summed E-state index contributed by atoms with van der Waals surface area (Å²) in [6, 6.07) is 0. The van der Waals surface area contributed by atoms with Crippen LogP contribution in [0.5, 0.6) is 0 Å². The number of likely N-dealkylation sites (tertiary alicyclic amines) is 1. The molecule has 0 aromatic heterocycles. The van der Waals surface area contributed by atoms with Crippen molar-refractivity contribution in [1.82, 2.24) is 4.90 Å². The Labute approximate surface area is 79.8 Å². The van der Waals surface area contributed by atoms with Gasteiger partial charge in [0.05, 0.1) is 5.84 Å². The highest BCUT2D eigenvalue weighted by Gasteiger charge is 2.28. The Bertz CT molecular complexity index is 198. The molecule has 0 aromatic rings. The Morgan fingerprint density at radius 1 is 1.38 bits per heavy atom. The summed E-state index contributed by atoms with van der Waals surface area (Å²) in [6.45, 7) is 3.51. The van der Waals surface area contributed by atoms with E-state index in [0.717, 1.165) is 18.9 Å². The van der Waals surface area contributed by atoms with Gasteiger partial charge in [-0.05, 0) is 38.1 Å². The van der Waals surface area contributed by atoms with Crippen molar-refractivity contribution in [2.45, 2.75) is 25.7 Å². The molecule has 0 spiro atoms. The van der Waals surface area contributed by atoms with Gasteiger partial charge in [-0.25, -0.2) is 0 Å². The third kappa shape index (κ3) is 2.44. The molecular weight excluding hydrogens is 162 g/mol. The van der Waals surface area contributed by atoms with Gasteiger partial charge >= 0.3 is 0 Å². The molecular formula is C10H19N3. The number of hydrogen-bond donors (Lipinski definition) is 2. The maximum absolute atomic E-state index is 7.43. The first kappa shape index (κ1) is 9.00. The van der Waals surface area contributed by atoms with Crippen LogP contribution >= 0.6 is 0 Å². The second-order valence-corrected chi connectivity index (χ2v) is 4.50. The maximum Gasteiger partial charge on any atom is 0.0949 e. The van der Waals surface area contributed by atoms with Crippen molar-refractivity contribution in [3.8, 4) is 0 Å². The number of hydrogen-bond acceptors (Lipinski definition) is 2. The molecule has 0 radical (unpaired) electrons. The fourth-order valence-electron chi connectivity index (χ4n) is 2.14. The molecule has 2 aliphatic rings. The highest BCUT2D eigenvalue weighted by Crippen LogP contribution is 2.31. The SMILES string of the molecule is N=C(N)C1CCCN(CC2CC2)C1. The summed E-state index contributed by atoms with van der Waals surface area (Å²) in [6.07, 6.45) is 5.18. The lowest BCUT2D eigenvalue weighted by molar-refractivity contribution is 0.196. The number of nitrogens with two attached hydrogens (primary N) is 1. The highest BCUT2D eigenvalue weighted by atomic mass is 15.1. The van der Waals surface area contributed by atoms with Crippen LogP contribution < -0.4 is 5.73 Å². The number of rotatable bonds is 3. The van der Waals surface area contributed by atoms with E-state index in [1.54, 1.807) is 0 Å². The summed E-state index contributed by atoms with van der Waals surface area (Å²) in [5.74, 6) is 1.69. The van der Waals surface area contributed by atoms with Crippen molar-refractivity contribution in [3.63, 3.8) is 0 Å². The van der Waals surface area contributed by atoms with Crippen LogP contribution in [0.4, 0.5) is 0 Å². The minimum atomic E-state index is 0.340. The minimum absolute atomic E-state index is 0.340. The molecule has 1 atom stereocenters. The fraction of sp³-hybridized carbons (Fsp3) is 0.900. The Kier molecular flexibility index (Phi) is 2.54. The van der Waals surface area contributed by atoms with Crippen molar-refractivity contribution in [2.75, 3.05) is 19.6 Å². The molecule has 0 aromatic carbocycles. The molecule has 3 nitrogen and oxygen atoms in total. The largest absolute Gasteiger partial charge is 0.387 e. The summed E-state index contributed by atoms with van der Waals surface area (Å²) in [7, 11) is 0. The van der Waals surface area contributed by atoms with E-state index in [4.69, 9.17) is 11.1 Å². The monoisotopic (exact) mass is 181 g/mol. The van der Waals surface area contributed by atoms with Crippen LogP contribution in [0, 0.1) is 17.2 Å². The van der Waals surface area contributed by atoms with Crippen LogP contribution in [-0.4, -0.2) is 30.4 Å². The van der Waals surface area contributed by atoms with Gasteiger partial charge in [-0.2, -0.15) is 0 Å². The zero-order valence-corrected chi connectivity index (χ0v) is 8.13. The Hall–Kier alpha value is -0.570. The Morgan fingerprint density at radius 2 is 2.15 bits per heavy atom. The number of amidine groups is 1. The van der Waals surface area contributed by atoms with Gasteiger partial charge in [0.2, 0.25) is 0 Å². The van der Waals surface area contributed by atoms with Gasteiger partial charge in [-0.3, -0.25) is 5.41 Å². The molecule has 1 saturated carbocycles. The predicted molar refractivity (Wildman–Crippen MR) is 53.8 cm³/mol. The average Bonchev–Trinajstić information content (AvgIpc) is 2.89.